The van der Waals surface area contributed by atoms with E-state index in [-0.39, 0.29) is 17.1 Å². The molecule has 1 aromatic heterocycles. The van der Waals surface area contributed by atoms with Crippen molar-refractivity contribution < 1.29 is 4.39 Å². The molecule has 0 spiro atoms. The number of hydrogen-bond acceptors (Lipinski definition) is 5. The van der Waals surface area contributed by atoms with Gasteiger partial charge < -0.3 is 0 Å². The summed E-state index contributed by atoms with van der Waals surface area (Å²) in [6.07, 6.45) is 3.25. The van der Waals surface area contributed by atoms with Crippen LogP contribution in [-0.4, -0.2) is 27.3 Å². The first-order chi connectivity index (χ1) is 9.11. The van der Waals surface area contributed by atoms with Crippen LogP contribution in [-0.2, 0) is 0 Å². The van der Waals surface area contributed by atoms with Crippen LogP contribution in [0.5, 0.6) is 0 Å². The van der Waals surface area contributed by atoms with E-state index in [1.807, 2.05) is 0 Å². The Bertz CT molecular complexity index is 666. The Morgan fingerprint density at radius 1 is 1.32 bits per heavy atom. The number of hydrogen-bond donors (Lipinski definition) is 0. The van der Waals surface area contributed by atoms with Gasteiger partial charge in [0.05, 0.1) is 6.21 Å². The fourth-order valence-corrected chi connectivity index (χ4v) is 1.77. The molecular formula is C12H11FN4OS. The predicted octanol–water partition coefficient (Wildman–Crippen LogP) is 1.69. The van der Waals surface area contributed by atoms with Crippen LogP contribution < -0.4 is 5.56 Å². The van der Waals surface area contributed by atoms with Crippen molar-refractivity contribution in [2.24, 2.45) is 5.10 Å². The molecule has 5 nitrogen and oxygen atoms in total. The minimum absolute atomic E-state index is 0.272. The Morgan fingerprint density at radius 2 is 2.00 bits per heavy atom. The Labute approximate surface area is 113 Å². The van der Waals surface area contributed by atoms with Crippen molar-refractivity contribution in [2.75, 3.05) is 6.26 Å². The summed E-state index contributed by atoms with van der Waals surface area (Å²) in [6.45, 7) is 1.57. The van der Waals surface area contributed by atoms with Gasteiger partial charge in [0.15, 0.2) is 0 Å². The number of aryl methyl sites for hydroxylation is 1. The topological polar surface area (TPSA) is 60.1 Å². The lowest BCUT2D eigenvalue weighted by atomic mass is 10.2. The molecule has 0 radical (unpaired) electrons. The van der Waals surface area contributed by atoms with Gasteiger partial charge in [-0.3, -0.25) is 4.79 Å². The Kier molecular flexibility index (Phi) is 4.06. The summed E-state index contributed by atoms with van der Waals surface area (Å²) < 4.78 is 13.9. The third kappa shape index (κ3) is 3.05. The average molecular weight is 278 g/mol. The van der Waals surface area contributed by atoms with E-state index >= 15 is 0 Å². The summed E-state index contributed by atoms with van der Waals surface area (Å²) in [5.41, 5.74) is 0.640. The normalized spacial score (nSPS) is 11.1. The molecule has 0 aliphatic carbocycles. The number of thioether (sulfide) groups is 1. The molecule has 0 fully saturated rings. The third-order valence-corrected chi connectivity index (χ3v) is 2.96. The number of rotatable bonds is 3. The van der Waals surface area contributed by atoms with Gasteiger partial charge in [0.2, 0.25) is 5.16 Å². The van der Waals surface area contributed by atoms with Gasteiger partial charge in [-0.1, -0.05) is 23.9 Å². The Morgan fingerprint density at radius 3 is 2.63 bits per heavy atom. The van der Waals surface area contributed by atoms with Gasteiger partial charge in [0, 0.05) is 0 Å². The van der Waals surface area contributed by atoms with Crippen LogP contribution in [0.3, 0.4) is 0 Å². The zero-order valence-electron chi connectivity index (χ0n) is 10.4. The van der Waals surface area contributed by atoms with Crippen LogP contribution in [0.15, 0.2) is 39.3 Å². The van der Waals surface area contributed by atoms with Gasteiger partial charge in [-0.05, 0) is 30.9 Å². The van der Waals surface area contributed by atoms with Gasteiger partial charge in [-0.2, -0.15) is 9.78 Å². The molecule has 0 aliphatic rings. The fourth-order valence-electron chi connectivity index (χ4n) is 1.35. The fraction of sp³-hybridized carbons (Fsp3) is 0.167. The molecule has 0 atom stereocenters. The molecule has 0 unspecified atom stereocenters. The first-order valence-electron chi connectivity index (χ1n) is 5.42. The summed E-state index contributed by atoms with van der Waals surface area (Å²) in [5, 5.41) is 12.1. The SMILES string of the molecule is CSc1nnc(C)c(=O)n1/N=C\c1ccc(F)cc1. The highest BCUT2D eigenvalue weighted by Crippen LogP contribution is 2.08. The maximum absolute atomic E-state index is 12.8. The van der Waals surface area contributed by atoms with E-state index in [9.17, 15) is 9.18 Å². The number of aromatic nitrogens is 3. The lowest BCUT2D eigenvalue weighted by Crippen LogP contribution is -2.23. The van der Waals surface area contributed by atoms with Crippen LogP contribution in [0.1, 0.15) is 11.3 Å². The van der Waals surface area contributed by atoms with Crippen LogP contribution in [0.2, 0.25) is 0 Å². The monoisotopic (exact) mass is 278 g/mol. The highest BCUT2D eigenvalue weighted by atomic mass is 32.2. The second-order valence-electron chi connectivity index (χ2n) is 3.69. The van der Waals surface area contributed by atoms with Crippen LogP contribution in [0.25, 0.3) is 0 Å². The maximum atomic E-state index is 12.8. The number of halogens is 1. The van der Waals surface area contributed by atoms with Crippen molar-refractivity contribution in [1.29, 1.82) is 0 Å². The van der Waals surface area contributed by atoms with Gasteiger partial charge in [-0.15, -0.1) is 10.2 Å². The smallest absolute Gasteiger partial charge is 0.265 e. The van der Waals surface area contributed by atoms with Crippen molar-refractivity contribution in [3.63, 3.8) is 0 Å². The molecule has 98 valence electrons. The molecule has 0 bridgehead atoms. The van der Waals surface area contributed by atoms with Gasteiger partial charge >= 0.3 is 0 Å². The summed E-state index contributed by atoms with van der Waals surface area (Å²) in [4.78, 5) is 11.9. The summed E-state index contributed by atoms with van der Waals surface area (Å²) in [5.74, 6) is -0.319. The second kappa shape index (κ2) is 5.75. The van der Waals surface area contributed by atoms with E-state index in [0.717, 1.165) is 0 Å². The van der Waals surface area contributed by atoms with Gasteiger partial charge in [0.1, 0.15) is 11.5 Å². The molecule has 1 aromatic carbocycles. The molecule has 2 rings (SSSR count). The van der Waals surface area contributed by atoms with E-state index in [2.05, 4.69) is 15.3 Å². The zero-order valence-corrected chi connectivity index (χ0v) is 11.2. The minimum Gasteiger partial charge on any atom is -0.265 e. The Hall–Kier alpha value is -2.02. The molecule has 0 saturated heterocycles. The Balaban J connectivity index is 2.40. The standard InChI is InChI=1S/C12H11FN4OS/c1-8-11(18)17(12(19-2)16-15-8)14-7-9-3-5-10(13)6-4-9/h3-7H,1-2H3/b14-7-. The van der Waals surface area contributed by atoms with Gasteiger partial charge in [0.25, 0.3) is 5.56 Å². The summed E-state index contributed by atoms with van der Waals surface area (Å²) in [6, 6.07) is 5.81. The molecule has 0 saturated carbocycles. The third-order valence-electron chi connectivity index (χ3n) is 2.34. The summed E-state index contributed by atoms with van der Waals surface area (Å²) >= 11 is 1.27. The lowest BCUT2D eigenvalue weighted by Gasteiger charge is -2.03. The first kappa shape index (κ1) is 13.4. The van der Waals surface area contributed by atoms with Crippen molar-refractivity contribution in [3.8, 4) is 0 Å². The molecule has 0 aliphatic heterocycles. The van der Waals surface area contributed by atoms with Crippen molar-refractivity contribution in [1.82, 2.24) is 14.9 Å². The molecule has 7 heteroatoms. The minimum atomic E-state index is -0.322. The second-order valence-corrected chi connectivity index (χ2v) is 4.46. The summed E-state index contributed by atoms with van der Waals surface area (Å²) in [7, 11) is 0. The van der Waals surface area contributed by atoms with E-state index < -0.39 is 0 Å². The molecule has 19 heavy (non-hydrogen) atoms. The molecule has 2 aromatic rings. The van der Waals surface area contributed by atoms with E-state index in [1.54, 1.807) is 25.3 Å². The van der Waals surface area contributed by atoms with Gasteiger partial charge in [-0.25, -0.2) is 4.39 Å². The van der Waals surface area contributed by atoms with Crippen molar-refractivity contribution in [3.05, 3.63) is 51.7 Å². The lowest BCUT2D eigenvalue weighted by molar-refractivity contribution is 0.627. The van der Waals surface area contributed by atoms with Crippen LogP contribution in [0.4, 0.5) is 4.39 Å². The average Bonchev–Trinajstić information content (AvgIpc) is 2.42. The molecular weight excluding hydrogens is 267 g/mol. The predicted molar refractivity (Wildman–Crippen MR) is 72.2 cm³/mol. The van der Waals surface area contributed by atoms with Crippen LogP contribution >= 0.6 is 11.8 Å². The molecule has 0 N–H and O–H groups in total. The number of benzene rings is 1. The first-order valence-corrected chi connectivity index (χ1v) is 6.64. The highest BCUT2D eigenvalue weighted by molar-refractivity contribution is 7.98. The quantitative estimate of drug-likeness (QED) is 0.633. The molecule has 0 amide bonds. The van der Waals surface area contributed by atoms with E-state index in [0.29, 0.717) is 10.7 Å². The van der Waals surface area contributed by atoms with Crippen LogP contribution in [0, 0.1) is 12.7 Å². The largest absolute Gasteiger partial charge is 0.296 e. The number of nitrogens with zero attached hydrogens (tertiary/aromatic N) is 4. The van der Waals surface area contributed by atoms with E-state index in [4.69, 9.17) is 0 Å². The van der Waals surface area contributed by atoms with E-state index in [1.165, 1.54) is 34.8 Å². The highest BCUT2D eigenvalue weighted by Gasteiger charge is 2.06. The zero-order chi connectivity index (χ0) is 13.8. The maximum Gasteiger partial charge on any atom is 0.296 e. The van der Waals surface area contributed by atoms with Crippen molar-refractivity contribution in [2.45, 2.75) is 12.1 Å². The van der Waals surface area contributed by atoms with Crippen molar-refractivity contribution >= 4 is 18.0 Å². The molecule has 1 heterocycles.